The molecule has 1 aromatic heterocycles. The zero-order chi connectivity index (χ0) is 19.8. The summed E-state index contributed by atoms with van der Waals surface area (Å²) in [5.74, 6) is -2.43. The Morgan fingerprint density at radius 2 is 1.85 bits per heavy atom. The van der Waals surface area contributed by atoms with E-state index in [-0.39, 0.29) is 5.56 Å². The zero-order valence-electron chi connectivity index (χ0n) is 14.3. The fourth-order valence-electron chi connectivity index (χ4n) is 1.96. The summed E-state index contributed by atoms with van der Waals surface area (Å²) in [5.41, 5.74) is 6.42. The monoisotopic (exact) mass is 388 g/mol. The second kappa shape index (κ2) is 9.30. The molecule has 0 radical (unpaired) electrons. The number of primary amides is 1. The van der Waals surface area contributed by atoms with Gasteiger partial charge in [0.15, 0.2) is 6.61 Å². The van der Waals surface area contributed by atoms with E-state index in [4.69, 9.17) is 10.5 Å². The quantitative estimate of drug-likeness (QED) is 0.551. The van der Waals surface area contributed by atoms with Crippen molar-refractivity contribution in [3.05, 3.63) is 58.5 Å². The van der Waals surface area contributed by atoms with Gasteiger partial charge in [-0.15, -0.1) is 11.3 Å². The van der Waals surface area contributed by atoms with Crippen LogP contribution in [0.2, 0.25) is 0 Å². The number of hydrogen-bond acceptors (Lipinski definition) is 7. The Morgan fingerprint density at radius 3 is 2.48 bits per heavy atom. The van der Waals surface area contributed by atoms with Gasteiger partial charge in [-0.25, -0.2) is 9.59 Å². The molecule has 0 saturated carbocycles. The Labute approximate surface area is 158 Å². The van der Waals surface area contributed by atoms with Crippen LogP contribution in [-0.2, 0) is 19.1 Å². The van der Waals surface area contributed by atoms with E-state index < -0.39 is 30.4 Å². The maximum absolute atomic E-state index is 11.8. The number of thiophene rings is 1. The number of benzene rings is 1. The van der Waals surface area contributed by atoms with Crippen LogP contribution in [-0.4, -0.2) is 37.5 Å². The van der Waals surface area contributed by atoms with Gasteiger partial charge in [0.2, 0.25) is 0 Å². The number of rotatable bonds is 7. The molecule has 0 bridgehead atoms. The lowest BCUT2D eigenvalue weighted by Gasteiger charge is -2.04. The van der Waals surface area contributed by atoms with Gasteiger partial charge in [-0.1, -0.05) is 12.1 Å². The second-order valence-electron chi connectivity index (χ2n) is 5.13. The van der Waals surface area contributed by atoms with Crippen LogP contribution in [0.15, 0.2) is 41.8 Å². The van der Waals surface area contributed by atoms with Gasteiger partial charge in [-0.3, -0.25) is 9.59 Å². The summed E-state index contributed by atoms with van der Waals surface area (Å²) in [6.07, 6.45) is 2.63. The smallest absolute Gasteiger partial charge is 0.337 e. The summed E-state index contributed by atoms with van der Waals surface area (Å²) in [4.78, 5) is 46.0. The molecule has 0 unspecified atom stereocenters. The summed E-state index contributed by atoms with van der Waals surface area (Å²) >= 11 is 1.13. The van der Waals surface area contributed by atoms with Gasteiger partial charge in [-0.2, -0.15) is 0 Å². The van der Waals surface area contributed by atoms with Gasteiger partial charge in [0.05, 0.1) is 18.2 Å². The molecule has 27 heavy (non-hydrogen) atoms. The number of carbonyl (C=O) groups excluding carboxylic acids is 4. The van der Waals surface area contributed by atoms with Crippen molar-refractivity contribution in [1.29, 1.82) is 0 Å². The first-order valence-corrected chi connectivity index (χ1v) is 8.49. The molecule has 2 amide bonds. The molecule has 0 atom stereocenters. The van der Waals surface area contributed by atoms with Crippen molar-refractivity contribution in [3.63, 3.8) is 0 Å². The predicted molar refractivity (Wildman–Crippen MR) is 99.2 cm³/mol. The lowest BCUT2D eigenvalue weighted by Crippen LogP contribution is -2.21. The highest BCUT2D eigenvalue weighted by Crippen LogP contribution is 2.22. The molecule has 2 aromatic rings. The van der Waals surface area contributed by atoms with E-state index in [1.54, 1.807) is 29.6 Å². The summed E-state index contributed by atoms with van der Waals surface area (Å²) in [6, 6.07) is 7.86. The van der Waals surface area contributed by atoms with Gasteiger partial charge in [-0.05, 0) is 35.2 Å². The minimum absolute atomic E-state index is 0.190. The van der Waals surface area contributed by atoms with E-state index in [0.29, 0.717) is 16.1 Å². The molecule has 8 nitrogen and oxygen atoms in total. The van der Waals surface area contributed by atoms with Crippen molar-refractivity contribution >= 4 is 46.2 Å². The molecular formula is C18H16N2O6S. The normalized spacial score (nSPS) is 10.4. The topological polar surface area (TPSA) is 125 Å². The van der Waals surface area contributed by atoms with E-state index in [1.165, 1.54) is 19.3 Å². The van der Waals surface area contributed by atoms with E-state index in [1.807, 2.05) is 0 Å². The Bertz CT molecular complexity index is 886. The molecule has 0 fully saturated rings. The highest BCUT2D eigenvalue weighted by molar-refractivity contribution is 7.14. The van der Waals surface area contributed by atoms with Crippen LogP contribution in [0.1, 0.15) is 26.3 Å². The van der Waals surface area contributed by atoms with Gasteiger partial charge in [0.25, 0.3) is 11.8 Å². The Morgan fingerprint density at radius 1 is 1.15 bits per heavy atom. The molecule has 0 spiro atoms. The highest BCUT2D eigenvalue weighted by Gasteiger charge is 2.13. The third kappa shape index (κ3) is 5.79. The number of amides is 2. The summed E-state index contributed by atoms with van der Waals surface area (Å²) < 4.78 is 9.42. The number of carbonyl (C=O) groups is 4. The van der Waals surface area contributed by atoms with Crippen LogP contribution in [0, 0.1) is 0 Å². The molecule has 3 N–H and O–H groups in total. The Kier molecular flexibility index (Phi) is 6.84. The first kappa shape index (κ1) is 19.9. The Balaban J connectivity index is 1.84. The summed E-state index contributed by atoms with van der Waals surface area (Å²) in [6.45, 7) is -0.513. The lowest BCUT2D eigenvalue weighted by molar-refractivity contribution is -0.142. The number of anilines is 1. The van der Waals surface area contributed by atoms with Gasteiger partial charge in [0, 0.05) is 6.08 Å². The SMILES string of the molecule is COC(=O)c1ccc(/C=C/C(=O)OCC(=O)Nc2sccc2C(N)=O)cc1. The molecule has 1 heterocycles. The van der Waals surface area contributed by atoms with Crippen molar-refractivity contribution in [2.45, 2.75) is 0 Å². The van der Waals surface area contributed by atoms with Crippen molar-refractivity contribution in [2.75, 3.05) is 19.0 Å². The molecule has 140 valence electrons. The average molecular weight is 388 g/mol. The molecular weight excluding hydrogens is 372 g/mol. The number of esters is 2. The Hall–Kier alpha value is -3.46. The number of nitrogens with one attached hydrogen (secondary N) is 1. The third-order valence-corrected chi connectivity index (χ3v) is 4.10. The second-order valence-corrected chi connectivity index (χ2v) is 6.05. The molecule has 9 heteroatoms. The first-order chi connectivity index (χ1) is 12.9. The largest absolute Gasteiger partial charge is 0.465 e. The predicted octanol–water partition coefficient (Wildman–Crippen LogP) is 1.83. The zero-order valence-corrected chi connectivity index (χ0v) is 15.1. The fourth-order valence-corrected chi connectivity index (χ4v) is 2.77. The molecule has 0 aliphatic rings. The van der Waals surface area contributed by atoms with Crippen molar-refractivity contribution in [2.24, 2.45) is 5.73 Å². The van der Waals surface area contributed by atoms with Gasteiger partial charge in [0.1, 0.15) is 5.00 Å². The molecule has 0 aliphatic heterocycles. The van der Waals surface area contributed by atoms with Crippen molar-refractivity contribution < 1.29 is 28.7 Å². The van der Waals surface area contributed by atoms with E-state index in [9.17, 15) is 19.2 Å². The van der Waals surface area contributed by atoms with Crippen LogP contribution in [0.25, 0.3) is 6.08 Å². The number of methoxy groups -OCH3 is 1. The molecule has 0 aliphatic carbocycles. The first-order valence-electron chi connectivity index (χ1n) is 7.61. The maximum atomic E-state index is 11.8. The molecule has 1 aromatic carbocycles. The van der Waals surface area contributed by atoms with Crippen LogP contribution < -0.4 is 11.1 Å². The average Bonchev–Trinajstić information content (AvgIpc) is 3.12. The maximum Gasteiger partial charge on any atom is 0.337 e. The van der Waals surface area contributed by atoms with E-state index in [0.717, 1.165) is 17.4 Å². The summed E-state index contributed by atoms with van der Waals surface area (Å²) in [5, 5.41) is 4.36. The van der Waals surface area contributed by atoms with Crippen LogP contribution in [0.5, 0.6) is 0 Å². The third-order valence-electron chi connectivity index (χ3n) is 3.27. The number of hydrogen-bond donors (Lipinski definition) is 2. The molecule has 2 rings (SSSR count). The lowest BCUT2D eigenvalue weighted by atomic mass is 10.1. The van der Waals surface area contributed by atoms with Crippen LogP contribution in [0.4, 0.5) is 5.00 Å². The summed E-state index contributed by atoms with van der Waals surface area (Å²) in [7, 11) is 1.29. The molecule has 0 saturated heterocycles. The van der Waals surface area contributed by atoms with Crippen LogP contribution >= 0.6 is 11.3 Å². The van der Waals surface area contributed by atoms with Crippen molar-refractivity contribution in [3.8, 4) is 0 Å². The van der Waals surface area contributed by atoms with E-state index >= 15 is 0 Å². The standard InChI is InChI=1S/C18H16N2O6S/c1-25-18(24)12-5-2-11(3-6-12)4-7-15(22)26-10-14(21)20-17-13(16(19)23)8-9-27-17/h2-9H,10H2,1H3,(H2,19,23)(H,20,21)/b7-4+. The number of ether oxygens (including phenoxy) is 2. The van der Waals surface area contributed by atoms with Gasteiger partial charge < -0.3 is 20.5 Å². The van der Waals surface area contributed by atoms with E-state index in [2.05, 4.69) is 10.1 Å². The highest BCUT2D eigenvalue weighted by atomic mass is 32.1. The minimum Gasteiger partial charge on any atom is -0.465 e. The fraction of sp³-hybridized carbons (Fsp3) is 0.111. The van der Waals surface area contributed by atoms with Gasteiger partial charge >= 0.3 is 11.9 Å². The van der Waals surface area contributed by atoms with Crippen molar-refractivity contribution in [1.82, 2.24) is 0 Å². The minimum atomic E-state index is -0.719. The number of nitrogens with two attached hydrogens (primary N) is 1. The van der Waals surface area contributed by atoms with Crippen LogP contribution in [0.3, 0.4) is 0 Å².